The summed E-state index contributed by atoms with van der Waals surface area (Å²) in [4.78, 5) is 8.84. The Kier molecular flexibility index (Phi) is 3.93. The van der Waals surface area contributed by atoms with Crippen LogP contribution in [0.4, 0.5) is 0 Å². The third-order valence-corrected chi connectivity index (χ3v) is 3.67. The maximum absolute atomic E-state index is 10.4. The van der Waals surface area contributed by atoms with Crippen molar-refractivity contribution in [3.05, 3.63) is 71.5 Å². The standard InChI is InChI=1S/C18H18N2O/c1-2-13-7-9-14(10-8-13)11-18(21)17-12-19-15-5-3-4-6-16(15)20-17/h3-10,12,18,21H,2,11H2,1H3. The van der Waals surface area contributed by atoms with Gasteiger partial charge in [0.25, 0.3) is 0 Å². The lowest BCUT2D eigenvalue weighted by atomic mass is 10.0. The molecule has 3 aromatic rings. The molecule has 3 nitrogen and oxygen atoms in total. The first-order valence-corrected chi connectivity index (χ1v) is 7.24. The van der Waals surface area contributed by atoms with Gasteiger partial charge in [0.15, 0.2) is 0 Å². The lowest BCUT2D eigenvalue weighted by Gasteiger charge is -2.11. The summed E-state index contributed by atoms with van der Waals surface area (Å²) in [5.74, 6) is 0. The van der Waals surface area contributed by atoms with Gasteiger partial charge < -0.3 is 5.11 Å². The van der Waals surface area contributed by atoms with E-state index in [2.05, 4.69) is 41.2 Å². The fourth-order valence-electron chi connectivity index (χ4n) is 2.37. The van der Waals surface area contributed by atoms with Crippen LogP contribution in [0.25, 0.3) is 11.0 Å². The van der Waals surface area contributed by atoms with Crippen LogP contribution in [0.5, 0.6) is 0 Å². The Morgan fingerprint density at radius 2 is 1.62 bits per heavy atom. The predicted molar refractivity (Wildman–Crippen MR) is 84.0 cm³/mol. The van der Waals surface area contributed by atoms with Crippen LogP contribution in [0.15, 0.2) is 54.7 Å². The molecule has 2 aromatic carbocycles. The first-order valence-electron chi connectivity index (χ1n) is 7.24. The Morgan fingerprint density at radius 1 is 0.952 bits per heavy atom. The van der Waals surface area contributed by atoms with Gasteiger partial charge in [-0.25, -0.2) is 4.98 Å². The minimum atomic E-state index is -0.630. The number of aliphatic hydroxyl groups excluding tert-OH is 1. The predicted octanol–water partition coefficient (Wildman–Crippen LogP) is 3.47. The molecule has 3 rings (SSSR count). The molecule has 0 aliphatic heterocycles. The fourth-order valence-corrected chi connectivity index (χ4v) is 2.37. The van der Waals surface area contributed by atoms with Crippen molar-refractivity contribution in [2.75, 3.05) is 0 Å². The highest BCUT2D eigenvalue weighted by Crippen LogP contribution is 2.18. The Labute approximate surface area is 124 Å². The van der Waals surface area contributed by atoms with Gasteiger partial charge >= 0.3 is 0 Å². The van der Waals surface area contributed by atoms with E-state index in [0.29, 0.717) is 12.1 Å². The number of para-hydroxylation sites is 2. The molecule has 1 unspecified atom stereocenters. The van der Waals surface area contributed by atoms with Gasteiger partial charge in [-0.2, -0.15) is 0 Å². The van der Waals surface area contributed by atoms with Gasteiger partial charge in [0, 0.05) is 6.42 Å². The number of aliphatic hydroxyl groups is 1. The number of rotatable bonds is 4. The molecular formula is C18H18N2O. The molecular weight excluding hydrogens is 260 g/mol. The van der Waals surface area contributed by atoms with Crippen LogP contribution in [0.1, 0.15) is 29.8 Å². The SMILES string of the molecule is CCc1ccc(CC(O)c2cnc3ccccc3n2)cc1. The molecule has 0 amide bonds. The van der Waals surface area contributed by atoms with Gasteiger partial charge in [0.05, 0.1) is 22.9 Å². The normalized spacial score (nSPS) is 12.5. The van der Waals surface area contributed by atoms with Crippen molar-refractivity contribution < 1.29 is 5.11 Å². The van der Waals surface area contributed by atoms with Crippen molar-refractivity contribution in [3.63, 3.8) is 0 Å². The number of benzene rings is 2. The van der Waals surface area contributed by atoms with Crippen molar-refractivity contribution in [3.8, 4) is 0 Å². The fraction of sp³-hybridized carbons (Fsp3) is 0.222. The smallest absolute Gasteiger partial charge is 0.102 e. The molecule has 1 heterocycles. The Bertz CT molecular complexity index is 738. The van der Waals surface area contributed by atoms with E-state index in [0.717, 1.165) is 23.0 Å². The molecule has 0 fully saturated rings. The summed E-state index contributed by atoms with van der Waals surface area (Å²) in [5, 5.41) is 10.4. The summed E-state index contributed by atoms with van der Waals surface area (Å²) in [5.41, 5.74) is 4.69. The first kappa shape index (κ1) is 13.7. The zero-order valence-electron chi connectivity index (χ0n) is 12.0. The number of hydrogen-bond acceptors (Lipinski definition) is 3. The molecule has 0 bridgehead atoms. The number of nitrogens with zero attached hydrogens (tertiary/aromatic N) is 2. The van der Waals surface area contributed by atoms with Gasteiger partial charge in [-0.1, -0.05) is 43.3 Å². The summed E-state index contributed by atoms with van der Waals surface area (Å²) >= 11 is 0. The summed E-state index contributed by atoms with van der Waals surface area (Å²) in [6.07, 6.45) is 2.61. The minimum Gasteiger partial charge on any atom is -0.386 e. The minimum absolute atomic E-state index is 0.553. The molecule has 0 spiro atoms. The van der Waals surface area contributed by atoms with Crippen LogP contribution in [0, 0.1) is 0 Å². The topological polar surface area (TPSA) is 46.0 Å². The van der Waals surface area contributed by atoms with Crippen molar-refractivity contribution in [2.45, 2.75) is 25.9 Å². The molecule has 0 saturated carbocycles. The molecule has 0 saturated heterocycles. The van der Waals surface area contributed by atoms with E-state index >= 15 is 0 Å². The van der Waals surface area contributed by atoms with E-state index < -0.39 is 6.10 Å². The van der Waals surface area contributed by atoms with E-state index in [9.17, 15) is 5.11 Å². The quantitative estimate of drug-likeness (QED) is 0.795. The molecule has 0 aliphatic rings. The van der Waals surface area contributed by atoms with E-state index in [1.807, 2.05) is 24.3 Å². The van der Waals surface area contributed by atoms with Crippen molar-refractivity contribution in [1.82, 2.24) is 9.97 Å². The lowest BCUT2D eigenvalue weighted by Crippen LogP contribution is -2.05. The monoisotopic (exact) mass is 278 g/mol. The first-order chi connectivity index (χ1) is 10.3. The van der Waals surface area contributed by atoms with Gasteiger partial charge in [-0.3, -0.25) is 4.98 Å². The second-order valence-electron chi connectivity index (χ2n) is 5.17. The van der Waals surface area contributed by atoms with Gasteiger partial charge in [0.1, 0.15) is 6.10 Å². The molecule has 1 N–H and O–H groups in total. The lowest BCUT2D eigenvalue weighted by molar-refractivity contribution is 0.173. The number of aryl methyl sites for hydroxylation is 1. The van der Waals surface area contributed by atoms with Crippen LogP contribution in [0.2, 0.25) is 0 Å². The van der Waals surface area contributed by atoms with Crippen molar-refractivity contribution in [2.24, 2.45) is 0 Å². The number of fused-ring (bicyclic) bond motifs is 1. The van der Waals surface area contributed by atoms with E-state index in [1.165, 1.54) is 5.56 Å². The molecule has 0 radical (unpaired) electrons. The van der Waals surface area contributed by atoms with Crippen LogP contribution in [-0.2, 0) is 12.8 Å². The van der Waals surface area contributed by atoms with E-state index in [1.54, 1.807) is 6.20 Å². The maximum Gasteiger partial charge on any atom is 0.102 e. The Morgan fingerprint density at radius 3 is 2.33 bits per heavy atom. The van der Waals surface area contributed by atoms with Crippen LogP contribution in [0.3, 0.4) is 0 Å². The number of hydrogen-bond donors (Lipinski definition) is 1. The summed E-state index contributed by atoms with van der Waals surface area (Å²) in [7, 11) is 0. The van der Waals surface area contributed by atoms with Gasteiger partial charge in [-0.15, -0.1) is 0 Å². The highest BCUT2D eigenvalue weighted by Gasteiger charge is 2.11. The molecule has 3 heteroatoms. The highest BCUT2D eigenvalue weighted by molar-refractivity contribution is 5.73. The van der Waals surface area contributed by atoms with Gasteiger partial charge in [0.2, 0.25) is 0 Å². The molecule has 106 valence electrons. The van der Waals surface area contributed by atoms with E-state index in [-0.39, 0.29) is 0 Å². The van der Waals surface area contributed by atoms with Crippen LogP contribution >= 0.6 is 0 Å². The Balaban J connectivity index is 1.80. The average molecular weight is 278 g/mol. The Hall–Kier alpha value is -2.26. The third kappa shape index (κ3) is 3.09. The third-order valence-electron chi connectivity index (χ3n) is 3.67. The number of aromatic nitrogens is 2. The molecule has 0 aliphatic carbocycles. The van der Waals surface area contributed by atoms with Crippen LogP contribution in [-0.4, -0.2) is 15.1 Å². The molecule has 21 heavy (non-hydrogen) atoms. The van der Waals surface area contributed by atoms with Crippen molar-refractivity contribution in [1.29, 1.82) is 0 Å². The molecule has 1 aromatic heterocycles. The molecule has 1 atom stereocenters. The second-order valence-corrected chi connectivity index (χ2v) is 5.17. The average Bonchev–Trinajstić information content (AvgIpc) is 2.55. The van der Waals surface area contributed by atoms with E-state index in [4.69, 9.17) is 0 Å². The summed E-state index contributed by atoms with van der Waals surface area (Å²) in [6, 6.07) is 16.0. The van der Waals surface area contributed by atoms with Gasteiger partial charge in [-0.05, 0) is 29.7 Å². The summed E-state index contributed by atoms with van der Waals surface area (Å²) in [6.45, 7) is 2.13. The summed E-state index contributed by atoms with van der Waals surface area (Å²) < 4.78 is 0. The maximum atomic E-state index is 10.4. The van der Waals surface area contributed by atoms with Crippen molar-refractivity contribution >= 4 is 11.0 Å². The largest absolute Gasteiger partial charge is 0.386 e. The highest BCUT2D eigenvalue weighted by atomic mass is 16.3. The van der Waals surface area contributed by atoms with Crippen LogP contribution < -0.4 is 0 Å². The zero-order valence-corrected chi connectivity index (χ0v) is 12.0. The second kappa shape index (κ2) is 6.02. The zero-order chi connectivity index (χ0) is 14.7.